The molecule has 0 radical (unpaired) electrons. The van der Waals surface area contributed by atoms with E-state index < -0.39 is 5.60 Å². The summed E-state index contributed by atoms with van der Waals surface area (Å²) in [5.74, 6) is -0.330. The molecule has 3 fully saturated rings. The normalized spacial score (nSPS) is 30.6. The maximum Gasteiger partial charge on any atom is 0.307 e. The summed E-state index contributed by atoms with van der Waals surface area (Å²) in [6.45, 7) is 1.38. The van der Waals surface area contributed by atoms with Gasteiger partial charge in [-0.1, -0.05) is 30.3 Å². The fourth-order valence-corrected chi connectivity index (χ4v) is 4.54. The summed E-state index contributed by atoms with van der Waals surface area (Å²) in [5, 5.41) is 3.09. The van der Waals surface area contributed by atoms with Crippen molar-refractivity contribution in [3.8, 4) is 0 Å². The molecule has 3 atom stereocenters. The number of carbonyl (C=O) groups is 2. The van der Waals surface area contributed by atoms with Crippen LogP contribution in [0.15, 0.2) is 30.3 Å². The van der Waals surface area contributed by atoms with Crippen LogP contribution in [0.4, 0.5) is 0 Å². The molecule has 1 amide bonds. The van der Waals surface area contributed by atoms with Crippen molar-refractivity contribution in [2.24, 2.45) is 11.8 Å². The van der Waals surface area contributed by atoms with Crippen LogP contribution in [0.5, 0.6) is 0 Å². The molecule has 1 saturated carbocycles. The van der Waals surface area contributed by atoms with Crippen molar-refractivity contribution >= 4 is 11.9 Å². The molecule has 134 valence electrons. The molecule has 1 aromatic carbocycles. The molecule has 2 heterocycles. The van der Waals surface area contributed by atoms with Crippen LogP contribution < -0.4 is 16.2 Å². The molecule has 2 saturated heterocycles. The Balaban J connectivity index is 1.39. The predicted octanol–water partition coefficient (Wildman–Crippen LogP) is 1.44. The Morgan fingerprint density at radius 3 is 2.76 bits per heavy atom. The van der Waals surface area contributed by atoms with E-state index >= 15 is 0 Å². The fraction of sp³-hybridized carbons (Fsp3) is 0.579. The summed E-state index contributed by atoms with van der Waals surface area (Å²) in [5.41, 5.74) is 7.15. The standard InChI is InChI=1S/C19H25N3O3/c23-16-10-15(19(25-16)8-4-5-9-19)18(24)20-11-14-12-21-22-17(14)13-6-2-1-3-7-13/h1-3,6-7,14-15,17,21-22H,4-5,8-12H2,(H,20,24). The van der Waals surface area contributed by atoms with E-state index in [0.717, 1.165) is 32.2 Å². The lowest BCUT2D eigenvalue weighted by atomic mass is 9.85. The van der Waals surface area contributed by atoms with Crippen LogP contribution >= 0.6 is 0 Å². The smallest absolute Gasteiger partial charge is 0.307 e. The number of hydrogen-bond acceptors (Lipinski definition) is 5. The minimum atomic E-state index is -0.536. The van der Waals surface area contributed by atoms with E-state index in [4.69, 9.17) is 4.74 Å². The second kappa shape index (κ2) is 6.77. The highest BCUT2D eigenvalue weighted by Crippen LogP contribution is 2.45. The zero-order valence-corrected chi connectivity index (χ0v) is 14.3. The van der Waals surface area contributed by atoms with Crippen molar-refractivity contribution in [1.29, 1.82) is 0 Å². The monoisotopic (exact) mass is 343 g/mol. The van der Waals surface area contributed by atoms with Gasteiger partial charge < -0.3 is 10.1 Å². The van der Waals surface area contributed by atoms with E-state index in [-0.39, 0.29) is 36.2 Å². The Morgan fingerprint density at radius 1 is 1.24 bits per heavy atom. The average Bonchev–Trinajstić information content (AvgIpc) is 3.35. The third-order valence-electron chi connectivity index (χ3n) is 5.88. The summed E-state index contributed by atoms with van der Waals surface area (Å²) in [6, 6.07) is 10.4. The van der Waals surface area contributed by atoms with Crippen LogP contribution in [-0.2, 0) is 14.3 Å². The summed E-state index contributed by atoms with van der Waals surface area (Å²) in [7, 11) is 0. The molecule has 0 aromatic heterocycles. The second-order valence-corrected chi connectivity index (χ2v) is 7.42. The highest BCUT2D eigenvalue weighted by molar-refractivity contribution is 5.88. The van der Waals surface area contributed by atoms with E-state index in [1.165, 1.54) is 5.56 Å². The molecule has 4 rings (SSSR count). The lowest BCUT2D eigenvalue weighted by molar-refractivity contribution is -0.149. The van der Waals surface area contributed by atoms with Crippen LogP contribution in [0.2, 0.25) is 0 Å². The maximum absolute atomic E-state index is 12.8. The van der Waals surface area contributed by atoms with Gasteiger partial charge in [0.05, 0.1) is 18.4 Å². The zero-order valence-electron chi connectivity index (χ0n) is 14.3. The van der Waals surface area contributed by atoms with Gasteiger partial charge in [-0.05, 0) is 31.2 Å². The lowest BCUT2D eigenvalue weighted by Gasteiger charge is -2.28. The van der Waals surface area contributed by atoms with Crippen molar-refractivity contribution in [3.05, 3.63) is 35.9 Å². The molecule has 3 aliphatic rings. The van der Waals surface area contributed by atoms with Gasteiger partial charge in [0.15, 0.2) is 0 Å². The third kappa shape index (κ3) is 3.16. The van der Waals surface area contributed by atoms with Crippen LogP contribution in [0.25, 0.3) is 0 Å². The molecule has 3 unspecified atom stereocenters. The first-order chi connectivity index (χ1) is 12.2. The number of nitrogens with one attached hydrogen (secondary N) is 3. The first kappa shape index (κ1) is 16.5. The first-order valence-corrected chi connectivity index (χ1v) is 9.21. The number of benzene rings is 1. The quantitative estimate of drug-likeness (QED) is 0.721. The number of rotatable bonds is 4. The van der Waals surface area contributed by atoms with Crippen LogP contribution in [-0.4, -0.2) is 30.6 Å². The number of amides is 1. The fourth-order valence-electron chi connectivity index (χ4n) is 4.54. The van der Waals surface area contributed by atoms with Gasteiger partial charge in [-0.15, -0.1) is 0 Å². The van der Waals surface area contributed by atoms with Gasteiger partial charge in [-0.2, -0.15) is 0 Å². The SMILES string of the molecule is O=C1CC(C(=O)NCC2CNNC2c2ccccc2)C2(CCCC2)O1. The molecule has 2 aliphatic heterocycles. The molecule has 6 nitrogen and oxygen atoms in total. The number of hydrogen-bond donors (Lipinski definition) is 3. The van der Waals surface area contributed by atoms with Gasteiger partial charge in [0.25, 0.3) is 0 Å². The summed E-state index contributed by atoms with van der Waals surface area (Å²) >= 11 is 0. The zero-order chi connectivity index (χ0) is 17.3. The molecular weight excluding hydrogens is 318 g/mol. The van der Waals surface area contributed by atoms with Crippen LogP contribution in [0.1, 0.15) is 43.7 Å². The Morgan fingerprint density at radius 2 is 2.00 bits per heavy atom. The topological polar surface area (TPSA) is 79.5 Å². The Kier molecular flexibility index (Phi) is 4.48. The van der Waals surface area contributed by atoms with E-state index in [1.54, 1.807) is 0 Å². The van der Waals surface area contributed by atoms with Gasteiger partial charge >= 0.3 is 5.97 Å². The molecule has 1 aromatic rings. The summed E-state index contributed by atoms with van der Waals surface area (Å²) < 4.78 is 5.58. The Hall–Kier alpha value is -1.92. The van der Waals surface area contributed by atoms with E-state index in [0.29, 0.717) is 6.54 Å². The van der Waals surface area contributed by atoms with Crippen molar-refractivity contribution in [2.75, 3.05) is 13.1 Å². The van der Waals surface area contributed by atoms with Crippen molar-refractivity contribution in [1.82, 2.24) is 16.2 Å². The largest absolute Gasteiger partial charge is 0.458 e. The molecule has 6 heteroatoms. The van der Waals surface area contributed by atoms with E-state index in [9.17, 15) is 9.59 Å². The number of carbonyl (C=O) groups excluding carboxylic acids is 2. The second-order valence-electron chi connectivity index (χ2n) is 7.42. The highest BCUT2D eigenvalue weighted by Gasteiger charge is 2.53. The molecule has 1 aliphatic carbocycles. The van der Waals surface area contributed by atoms with Gasteiger partial charge in [0, 0.05) is 19.0 Å². The molecule has 1 spiro atoms. The Bertz CT molecular complexity index is 643. The molecule has 3 N–H and O–H groups in total. The highest BCUT2D eigenvalue weighted by atomic mass is 16.6. The minimum Gasteiger partial charge on any atom is -0.458 e. The third-order valence-corrected chi connectivity index (χ3v) is 5.88. The Labute approximate surface area is 147 Å². The minimum absolute atomic E-state index is 0.0357. The van der Waals surface area contributed by atoms with Crippen molar-refractivity contribution in [2.45, 2.75) is 43.7 Å². The van der Waals surface area contributed by atoms with Gasteiger partial charge in [-0.3, -0.25) is 15.0 Å². The number of hydrazine groups is 1. The van der Waals surface area contributed by atoms with Crippen molar-refractivity contribution in [3.63, 3.8) is 0 Å². The number of ether oxygens (including phenoxy) is 1. The lowest BCUT2D eigenvalue weighted by Crippen LogP contribution is -2.44. The molecule has 0 bridgehead atoms. The molecular formula is C19H25N3O3. The first-order valence-electron chi connectivity index (χ1n) is 9.21. The van der Waals surface area contributed by atoms with Gasteiger partial charge in [0.2, 0.25) is 5.91 Å². The summed E-state index contributed by atoms with van der Waals surface area (Å²) in [6.07, 6.45) is 3.91. The summed E-state index contributed by atoms with van der Waals surface area (Å²) in [4.78, 5) is 24.6. The van der Waals surface area contributed by atoms with E-state index in [1.807, 2.05) is 18.2 Å². The number of esters is 1. The van der Waals surface area contributed by atoms with Gasteiger partial charge in [-0.25, -0.2) is 5.43 Å². The van der Waals surface area contributed by atoms with Crippen LogP contribution in [0, 0.1) is 11.8 Å². The average molecular weight is 343 g/mol. The maximum atomic E-state index is 12.8. The van der Waals surface area contributed by atoms with Crippen molar-refractivity contribution < 1.29 is 14.3 Å². The van der Waals surface area contributed by atoms with Gasteiger partial charge in [0.1, 0.15) is 5.60 Å². The van der Waals surface area contributed by atoms with Crippen LogP contribution in [0.3, 0.4) is 0 Å². The molecule has 25 heavy (non-hydrogen) atoms. The predicted molar refractivity (Wildman–Crippen MR) is 92.2 cm³/mol. The van der Waals surface area contributed by atoms with E-state index in [2.05, 4.69) is 28.3 Å².